The van der Waals surface area contributed by atoms with Crippen LogP contribution in [0.3, 0.4) is 0 Å². The van der Waals surface area contributed by atoms with Gasteiger partial charge in [-0.2, -0.15) is 0 Å². The SMILES string of the molecule is CCNc1cc(C)c(S(=O)(=O)NCC2CC2C)c(C)c1. The van der Waals surface area contributed by atoms with Crippen LogP contribution in [0.2, 0.25) is 0 Å². The Morgan fingerprint density at radius 1 is 1.25 bits per heavy atom. The second kappa shape index (κ2) is 5.74. The quantitative estimate of drug-likeness (QED) is 0.848. The standard InChI is InChI=1S/C15H24N2O2S/c1-5-16-14-7-11(3)15(12(4)8-14)20(18,19)17-9-13-6-10(13)2/h7-8,10,13,16-17H,5-6,9H2,1-4H3. The van der Waals surface area contributed by atoms with E-state index in [2.05, 4.69) is 17.0 Å². The van der Waals surface area contributed by atoms with E-state index in [0.29, 0.717) is 23.3 Å². The molecule has 0 bridgehead atoms. The fraction of sp³-hybridized carbons (Fsp3) is 0.600. The van der Waals surface area contributed by atoms with E-state index < -0.39 is 10.0 Å². The molecule has 0 amide bonds. The first kappa shape index (κ1) is 15.3. The van der Waals surface area contributed by atoms with Gasteiger partial charge in [-0.25, -0.2) is 13.1 Å². The molecule has 1 aromatic rings. The molecule has 0 aliphatic heterocycles. The molecule has 5 heteroatoms. The maximum absolute atomic E-state index is 12.5. The summed E-state index contributed by atoms with van der Waals surface area (Å²) in [7, 11) is -3.41. The van der Waals surface area contributed by atoms with Gasteiger partial charge in [-0.05, 0) is 62.3 Å². The number of nitrogens with one attached hydrogen (secondary N) is 2. The van der Waals surface area contributed by atoms with Crippen LogP contribution in [-0.4, -0.2) is 21.5 Å². The first-order valence-corrected chi connectivity index (χ1v) is 8.68. The highest BCUT2D eigenvalue weighted by Gasteiger charge is 2.33. The number of aryl methyl sites for hydroxylation is 2. The maximum atomic E-state index is 12.5. The third-order valence-corrected chi connectivity index (χ3v) is 5.65. The van der Waals surface area contributed by atoms with Crippen LogP contribution in [0.5, 0.6) is 0 Å². The van der Waals surface area contributed by atoms with Gasteiger partial charge in [0.2, 0.25) is 10.0 Å². The predicted molar refractivity (Wildman–Crippen MR) is 82.5 cm³/mol. The van der Waals surface area contributed by atoms with Crippen LogP contribution >= 0.6 is 0 Å². The molecule has 1 aliphatic carbocycles. The zero-order chi connectivity index (χ0) is 14.9. The molecule has 0 radical (unpaired) electrons. The zero-order valence-electron chi connectivity index (χ0n) is 12.7. The van der Waals surface area contributed by atoms with Crippen LogP contribution in [0.1, 0.15) is 31.4 Å². The molecule has 1 aliphatic rings. The molecule has 1 fully saturated rings. The summed E-state index contributed by atoms with van der Waals surface area (Å²) >= 11 is 0. The summed E-state index contributed by atoms with van der Waals surface area (Å²) < 4.78 is 27.7. The van der Waals surface area contributed by atoms with Crippen LogP contribution in [0.4, 0.5) is 5.69 Å². The lowest BCUT2D eigenvalue weighted by atomic mass is 10.1. The Bertz CT molecular complexity index is 573. The van der Waals surface area contributed by atoms with Crippen LogP contribution in [0.25, 0.3) is 0 Å². The summed E-state index contributed by atoms with van der Waals surface area (Å²) in [5.74, 6) is 1.16. The van der Waals surface area contributed by atoms with Gasteiger partial charge in [0.25, 0.3) is 0 Å². The fourth-order valence-electron chi connectivity index (χ4n) is 2.65. The van der Waals surface area contributed by atoms with Gasteiger partial charge < -0.3 is 5.32 Å². The molecule has 2 N–H and O–H groups in total. The van der Waals surface area contributed by atoms with E-state index >= 15 is 0 Å². The smallest absolute Gasteiger partial charge is 0.241 e. The van der Waals surface area contributed by atoms with Crippen LogP contribution < -0.4 is 10.0 Å². The summed E-state index contributed by atoms with van der Waals surface area (Å²) in [6.07, 6.45) is 1.12. The lowest BCUT2D eigenvalue weighted by Crippen LogP contribution is -2.27. The average Bonchev–Trinajstić information content (AvgIpc) is 3.02. The first-order chi connectivity index (χ1) is 9.35. The molecule has 0 heterocycles. The summed E-state index contributed by atoms with van der Waals surface area (Å²) in [4.78, 5) is 0.424. The molecule has 2 atom stereocenters. The van der Waals surface area contributed by atoms with Crippen molar-refractivity contribution in [3.05, 3.63) is 23.3 Å². The highest BCUT2D eigenvalue weighted by Crippen LogP contribution is 2.37. The van der Waals surface area contributed by atoms with E-state index in [-0.39, 0.29) is 0 Å². The Balaban J connectivity index is 2.22. The van der Waals surface area contributed by atoms with Crippen LogP contribution in [0.15, 0.2) is 17.0 Å². The average molecular weight is 296 g/mol. The minimum absolute atomic E-state index is 0.424. The first-order valence-electron chi connectivity index (χ1n) is 7.20. The molecule has 0 spiro atoms. The van der Waals surface area contributed by atoms with Gasteiger partial charge in [-0.1, -0.05) is 6.92 Å². The van der Waals surface area contributed by atoms with Gasteiger partial charge >= 0.3 is 0 Å². The summed E-state index contributed by atoms with van der Waals surface area (Å²) in [5, 5.41) is 3.22. The zero-order valence-corrected chi connectivity index (χ0v) is 13.5. The highest BCUT2D eigenvalue weighted by atomic mass is 32.2. The molecule has 1 aromatic carbocycles. The van der Waals surface area contributed by atoms with Crippen molar-refractivity contribution in [2.75, 3.05) is 18.4 Å². The van der Waals surface area contributed by atoms with Gasteiger partial charge in [0, 0.05) is 18.8 Å². The molecule has 1 saturated carbocycles. The number of hydrogen-bond donors (Lipinski definition) is 2. The predicted octanol–water partition coefficient (Wildman–Crippen LogP) is 2.67. The Morgan fingerprint density at radius 2 is 1.80 bits per heavy atom. The Morgan fingerprint density at radius 3 is 2.25 bits per heavy atom. The Labute approximate surface area is 122 Å². The van der Waals surface area contributed by atoms with Gasteiger partial charge in [-0.3, -0.25) is 0 Å². The van der Waals surface area contributed by atoms with E-state index in [1.165, 1.54) is 0 Å². The summed E-state index contributed by atoms with van der Waals surface area (Å²) in [6, 6.07) is 3.79. The van der Waals surface area contributed by atoms with E-state index in [0.717, 1.165) is 29.8 Å². The van der Waals surface area contributed by atoms with Crippen LogP contribution in [-0.2, 0) is 10.0 Å². The van der Waals surface area contributed by atoms with Crippen molar-refractivity contribution < 1.29 is 8.42 Å². The number of sulfonamides is 1. The van der Waals surface area contributed by atoms with E-state index in [9.17, 15) is 8.42 Å². The minimum atomic E-state index is -3.41. The minimum Gasteiger partial charge on any atom is -0.385 e. The number of anilines is 1. The highest BCUT2D eigenvalue weighted by molar-refractivity contribution is 7.89. The maximum Gasteiger partial charge on any atom is 0.241 e. The van der Waals surface area contributed by atoms with E-state index in [1.54, 1.807) is 0 Å². The molecule has 2 unspecified atom stereocenters. The van der Waals surface area contributed by atoms with Gasteiger partial charge in [0.1, 0.15) is 0 Å². The van der Waals surface area contributed by atoms with Crippen molar-refractivity contribution >= 4 is 15.7 Å². The number of hydrogen-bond acceptors (Lipinski definition) is 3. The van der Waals surface area contributed by atoms with Crippen LogP contribution in [0, 0.1) is 25.7 Å². The lowest BCUT2D eigenvalue weighted by Gasteiger charge is -2.14. The van der Waals surface area contributed by atoms with Crippen molar-refractivity contribution in [1.82, 2.24) is 4.72 Å². The van der Waals surface area contributed by atoms with Crippen molar-refractivity contribution in [3.63, 3.8) is 0 Å². The third-order valence-electron chi connectivity index (χ3n) is 3.92. The summed E-state index contributed by atoms with van der Waals surface area (Å²) in [5.41, 5.74) is 2.55. The fourth-order valence-corrected chi connectivity index (χ4v) is 4.20. The molecule has 112 valence electrons. The second-order valence-corrected chi connectivity index (χ2v) is 7.50. The number of benzene rings is 1. The molecular weight excluding hydrogens is 272 g/mol. The molecule has 0 saturated heterocycles. The van der Waals surface area contributed by atoms with E-state index in [1.807, 2.05) is 32.9 Å². The van der Waals surface area contributed by atoms with Gasteiger partial charge in [0.15, 0.2) is 0 Å². The molecule has 4 nitrogen and oxygen atoms in total. The second-order valence-electron chi connectivity index (χ2n) is 5.79. The lowest BCUT2D eigenvalue weighted by molar-refractivity contribution is 0.573. The molecule has 20 heavy (non-hydrogen) atoms. The van der Waals surface area contributed by atoms with Crippen molar-refractivity contribution in [2.45, 2.75) is 39.0 Å². The van der Waals surface area contributed by atoms with Crippen molar-refractivity contribution in [1.29, 1.82) is 0 Å². The van der Waals surface area contributed by atoms with Gasteiger partial charge in [0.05, 0.1) is 4.90 Å². The van der Waals surface area contributed by atoms with Crippen molar-refractivity contribution in [3.8, 4) is 0 Å². The summed E-state index contributed by atoms with van der Waals surface area (Å²) in [6.45, 7) is 9.25. The normalized spacial score (nSPS) is 21.8. The van der Waals surface area contributed by atoms with Gasteiger partial charge in [-0.15, -0.1) is 0 Å². The topological polar surface area (TPSA) is 58.2 Å². The Hall–Kier alpha value is -1.07. The third kappa shape index (κ3) is 3.33. The molecule has 2 rings (SSSR count). The number of rotatable bonds is 6. The van der Waals surface area contributed by atoms with Crippen molar-refractivity contribution in [2.24, 2.45) is 11.8 Å². The monoisotopic (exact) mass is 296 g/mol. The largest absolute Gasteiger partial charge is 0.385 e. The molecule has 0 aromatic heterocycles. The Kier molecular flexibility index (Phi) is 4.39. The van der Waals surface area contributed by atoms with E-state index in [4.69, 9.17) is 0 Å². The molecular formula is C15H24N2O2S.